The Balaban J connectivity index is 1.52. The number of hydrogen-bond donors (Lipinski definition) is 2. The highest BCUT2D eigenvalue weighted by molar-refractivity contribution is 7.13. The quantitative estimate of drug-likeness (QED) is 0.239. The number of hydrogen-bond acceptors (Lipinski definition) is 9. The van der Waals surface area contributed by atoms with Crippen molar-refractivity contribution in [1.29, 1.82) is 0 Å². The third kappa shape index (κ3) is 7.54. The van der Waals surface area contributed by atoms with Crippen LogP contribution < -0.4 is 20.3 Å². The topological polar surface area (TPSA) is 113 Å². The highest BCUT2D eigenvalue weighted by Gasteiger charge is 2.43. The van der Waals surface area contributed by atoms with E-state index in [0.29, 0.717) is 15.5 Å². The summed E-state index contributed by atoms with van der Waals surface area (Å²) < 4.78 is 89.4. The Kier molecular flexibility index (Phi) is 9.43. The van der Waals surface area contributed by atoms with Gasteiger partial charge >= 0.3 is 18.3 Å². The number of piperazine rings is 1. The van der Waals surface area contributed by atoms with Gasteiger partial charge in [-0.3, -0.25) is 9.59 Å². The third-order valence-electron chi connectivity index (χ3n) is 6.87. The molecule has 2 aromatic heterocycles. The second-order valence-corrected chi connectivity index (χ2v) is 11.0. The average Bonchev–Trinajstić information content (AvgIpc) is 3.52. The number of para-hydroxylation sites is 1. The summed E-state index contributed by atoms with van der Waals surface area (Å²) in [4.78, 5) is 31.1. The Morgan fingerprint density at radius 3 is 2.52 bits per heavy atom. The molecule has 1 saturated heterocycles. The SMILES string of the molecule is CN(C[C@H]1CN(c2c(NC(=O)c3csc(-c4ccnnc4)n3)ccc(Oc3ccccc3)c2C(F)(F)F)CCN1)C(=O)C(F)(F)F. The van der Waals surface area contributed by atoms with E-state index in [9.17, 15) is 35.9 Å². The molecule has 3 heterocycles. The maximum Gasteiger partial charge on any atom is 0.471 e. The van der Waals surface area contributed by atoms with Gasteiger partial charge in [0, 0.05) is 50.2 Å². The predicted octanol–water partition coefficient (Wildman–Crippen LogP) is 5.46. The van der Waals surface area contributed by atoms with Crippen molar-refractivity contribution >= 4 is 34.5 Å². The molecule has 2 amide bonds. The van der Waals surface area contributed by atoms with E-state index in [1.54, 1.807) is 24.3 Å². The van der Waals surface area contributed by atoms with Gasteiger partial charge in [-0.25, -0.2) is 4.98 Å². The molecule has 1 fully saturated rings. The van der Waals surface area contributed by atoms with Crippen molar-refractivity contribution in [3.8, 4) is 22.1 Å². The first kappa shape index (κ1) is 32.6. The Hall–Kier alpha value is -4.77. The summed E-state index contributed by atoms with van der Waals surface area (Å²) in [6.07, 6.45) is -7.22. The van der Waals surface area contributed by atoms with E-state index in [-0.39, 0.29) is 36.8 Å². The summed E-state index contributed by atoms with van der Waals surface area (Å²) in [5.41, 5.74) is -1.34. The van der Waals surface area contributed by atoms with Crippen molar-refractivity contribution in [2.75, 3.05) is 43.4 Å². The molecule has 0 radical (unpaired) electrons. The summed E-state index contributed by atoms with van der Waals surface area (Å²) in [7, 11) is 0.960. The second kappa shape index (κ2) is 13.3. The summed E-state index contributed by atoms with van der Waals surface area (Å²) in [5.74, 6) is -3.30. The van der Waals surface area contributed by atoms with Crippen molar-refractivity contribution in [3.05, 3.63) is 77.6 Å². The summed E-state index contributed by atoms with van der Waals surface area (Å²) in [6, 6.07) is 10.9. The van der Waals surface area contributed by atoms with Crippen molar-refractivity contribution in [3.63, 3.8) is 0 Å². The van der Waals surface area contributed by atoms with Gasteiger partial charge in [-0.05, 0) is 30.3 Å². The van der Waals surface area contributed by atoms with Crippen LogP contribution in [0.4, 0.5) is 37.7 Å². The molecule has 46 heavy (non-hydrogen) atoms. The van der Waals surface area contributed by atoms with Crippen LogP contribution in [0.5, 0.6) is 11.5 Å². The van der Waals surface area contributed by atoms with E-state index in [4.69, 9.17) is 4.74 Å². The van der Waals surface area contributed by atoms with Gasteiger partial charge in [0.25, 0.3) is 5.91 Å². The first-order chi connectivity index (χ1) is 21.8. The fourth-order valence-electron chi connectivity index (χ4n) is 4.87. The molecule has 1 atom stereocenters. The van der Waals surface area contributed by atoms with Crippen LogP contribution in [0.25, 0.3) is 10.6 Å². The first-order valence-corrected chi connectivity index (χ1v) is 14.5. The molecule has 4 aromatic rings. The number of carbonyl (C=O) groups is 2. The molecule has 0 spiro atoms. The minimum Gasteiger partial charge on any atom is -0.457 e. The lowest BCUT2D eigenvalue weighted by Crippen LogP contribution is -2.56. The van der Waals surface area contributed by atoms with Gasteiger partial charge in [-0.15, -0.1) is 11.3 Å². The van der Waals surface area contributed by atoms with Gasteiger partial charge in [0.15, 0.2) is 0 Å². The van der Waals surface area contributed by atoms with Crippen LogP contribution in [0.15, 0.2) is 66.3 Å². The summed E-state index contributed by atoms with van der Waals surface area (Å²) in [6.45, 7) is -0.609. The van der Waals surface area contributed by atoms with Crippen molar-refractivity contribution < 1.29 is 40.7 Å². The van der Waals surface area contributed by atoms with Crippen molar-refractivity contribution in [1.82, 2.24) is 25.4 Å². The number of ether oxygens (including phenoxy) is 1. The fourth-order valence-corrected chi connectivity index (χ4v) is 5.66. The molecule has 2 aromatic carbocycles. The minimum absolute atomic E-state index is 0.00986. The lowest BCUT2D eigenvalue weighted by Gasteiger charge is -2.39. The molecular formula is C29H25F6N7O3S. The van der Waals surface area contributed by atoms with E-state index in [1.165, 1.54) is 40.9 Å². The smallest absolute Gasteiger partial charge is 0.457 e. The van der Waals surface area contributed by atoms with Crippen molar-refractivity contribution in [2.24, 2.45) is 0 Å². The molecule has 0 unspecified atom stereocenters. The molecule has 0 aliphatic carbocycles. The molecule has 242 valence electrons. The van der Waals surface area contributed by atoms with Crippen molar-refractivity contribution in [2.45, 2.75) is 18.4 Å². The van der Waals surface area contributed by atoms with Crippen LogP contribution in [0.1, 0.15) is 16.1 Å². The number of alkyl halides is 6. The number of thiazole rings is 1. The van der Waals surface area contributed by atoms with E-state index in [0.717, 1.165) is 24.5 Å². The van der Waals surface area contributed by atoms with E-state index < -0.39 is 53.8 Å². The van der Waals surface area contributed by atoms with Crippen LogP contribution >= 0.6 is 11.3 Å². The van der Waals surface area contributed by atoms with Gasteiger partial charge in [0.2, 0.25) is 0 Å². The number of benzene rings is 2. The van der Waals surface area contributed by atoms with E-state index in [1.807, 2.05) is 0 Å². The second-order valence-electron chi connectivity index (χ2n) is 10.2. The monoisotopic (exact) mass is 665 g/mol. The predicted molar refractivity (Wildman–Crippen MR) is 157 cm³/mol. The average molecular weight is 666 g/mol. The molecule has 10 nitrogen and oxygen atoms in total. The van der Waals surface area contributed by atoms with Gasteiger partial charge < -0.3 is 25.2 Å². The highest BCUT2D eigenvalue weighted by Crippen LogP contribution is 2.48. The summed E-state index contributed by atoms with van der Waals surface area (Å²) in [5, 5.41) is 14.8. The largest absolute Gasteiger partial charge is 0.471 e. The van der Waals surface area contributed by atoms with Gasteiger partial charge in [-0.2, -0.15) is 36.5 Å². The lowest BCUT2D eigenvalue weighted by molar-refractivity contribution is -0.184. The fraction of sp³-hybridized carbons (Fsp3) is 0.276. The minimum atomic E-state index is -5.11. The van der Waals surface area contributed by atoms with Gasteiger partial charge in [-0.1, -0.05) is 18.2 Å². The maximum atomic E-state index is 14.9. The number of halogens is 6. The Morgan fingerprint density at radius 2 is 1.85 bits per heavy atom. The number of aromatic nitrogens is 3. The van der Waals surface area contributed by atoms with Crippen LogP contribution in [-0.2, 0) is 11.0 Å². The maximum absolute atomic E-state index is 14.9. The normalized spacial score (nSPS) is 15.4. The van der Waals surface area contributed by atoms with E-state index >= 15 is 0 Å². The molecular weight excluding hydrogens is 640 g/mol. The Morgan fingerprint density at radius 1 is 1.09 bits per heavy atom. The van der Waals surface area contributed by atoms with Crippen LogP contribution in [0.3, 0.4) is 0 Å². The Bertz CT molecular complexity index is 1690. The molecule has 1 aliphatic heterocycles. The number of amides is 2. The highest BCUT2D eigenvalue weighted by atomic mass is 32.1. The molecule has 1 aliphatic rings. The molecule has 17 heteroatoms. The van der Waals surface area contributed by atoms with Gasteiger partial charge in [0.1, 0.15) is 27.8 Å². The zero-order valence-corrected chi connectivity index (χ0v) is 24.7. The number of anilines is 2. The third-order valence-corrected chi connectivity index (χ3v) is 7.76. The molecule has 2 N–H and O–H groups in total. The van der Waals surface area contributed by atoms with Crippen LogP contribution in [0, 0.1) is 0 Å². The van der Waals surface area contributed by atoms with Gasteiger partial charge in [0.05, 0.1) is 23.8 Å². The number of nitrogens with one attached hydrogen (secondary N) is 2. The summed E-state index contributed by atoms with van der Waals surface area (Å²) >= 11 is 1.12. The number of likely N-dealkylation sites (N-methyl/N-ethyl adjacent to an activating group) is 1. The van der Waals surface area contributed by atoms with Crippen LogP contribution in [0.2, 0.25) is 0 Å². The number of carbonyl (C=O) groups excluding carboxylic acids is 2. The first-order valence-electron chi connectivity index (χ1n) is 13.6. The van der Waals surface area contributed by atoms with E-state index in [2.05, 4.69) is 25.8 Å². The zero-order chi connectivity index (χ0) is 33.1. The lowest BCUT2D eigenvalue weighted by atomic mass is 10.0. The number of rotatable bonds is 8. The number of nitrogens with zero attached hydrogens (tertiary/aromatic N) is 5. The van der Waals surface area contributed by atoms with Crippen LogP contribution in [-0.4, -0.2) is 77.3 Å². The molecule has 5 rings (SSSR count). The standard InChI is InChI=1S/C29H25F6N7O3S/c1-41(27(44)29(33,34)35)14-18-15-42(12-11-36-18)24-20(39-25(43)21-16-46-26(40-21)17-9-10-37-38-13-17)7-8-22(23(24)28(30,31)32)45-19-5-3-2-4-6-19/h2-10,13,16,18,36H,11-12,14-15H2,1H3,(H,39,43)/t18-/m0/s1. The Labute approximate surface area is 262 Å². The molecule has 0 bridgehead atoms. The zero-order valence-electron chi connectivity index (χ0n) is 23.9. The molecule has 0 saturated carbocycles.